The molecule has 3 aliphatic heterocycles. The Kier molecular flexibility index (Phi) is 1.99. The maximum atomic E-state index is 5.54. The Morgan fingerprint density at radius 2 is 1.58 bits per heavy atom. The zero-order valence-electron chi connectivity index (χ0n) is 7.30. The van der Waals surface area contributed by atoms with Crippen LogP contribution in [0.5, 0.6) is 0 Å². The smallest absolute Gasteiger partial charge is 0.295 e. The van der Waals surface area contributed by atoms with Crippen molar-refractivity contribution in [2.45, 2.75) is 24.6 Å². The van der Waals surface area contributed by atoms with E-state index in [4.69, 9.17) is 14.2 Å². The molecule has 0 amide bonds. The number of ether oxygens (including phenoxy) is 3. The van der Waals surface area contributed by atoms with Gasteiger partial charge in [-0.15, -0.1) is 0 Å². The van der Waals surface area contributed by atoms with Gasteiger partial charge < -0.3 is 14.2 Å². The largest absolute Gasteiger partial charge is 0.326 e. The summed E-state index contributed by atoms with van der Waals surface area (Å²) in [7, 11) is 0. The van der Waals surface area contributed by atoms with Crippen LogP contribution in [0.25, 0.3) is 0 Å². The summed E-state index contributed by atoms with van der Waals surface area (Å²) in [4.78, 5) is 0.0647. The normalized spacial score (nSPS) is 49.2. The first-order valence-electron chi connectivity index (χ1n) is 4.12. The highest BCUT2D eigenvalue weighted by molar-refractivity contribution is 9.09. The van der Waals surface area contributed by atoms with Crippen LogP contribution in [-0.2, 0) is 14.2 Å². The summed E-state index contributed by atoms with van der Waals surface area (Å²) in [6.07, 6.45) is 0. The lowest BCUT2D eigenvalue weighted by molar-refractivity contribution is -0.462. The molecule has 0 N–H and O–H groups in total. The van der Waals surface area contributed by atoms with Crippen LogP contribution in [0, 0.1) is 5.41 Å². The Morgan fingerprint density at radius 3 is 1.92 bits per heavy atom. The molecule has 0 saturated carbocycles. The van der Waals surface area contributed by atoms with E-state index < -0.39 is 5.97 Å². The van der Waals surface area contributed by atoms with Gasteiger partial charge >= 0.3 is 0 Å². The molecule has 3 fully saturated rings. The first-order valence-corrected chi connectivity index (χ1v) is 5.04. The molecule has 1 atom stereocenters. The van der Waals surface area contributed by atoms with Gasteiger partial charge in [0.25, 0.3) is 5.97 Å². The van der Waals surface area contributed by atoms with Crippen LogP contribution >= 0.6 is 15.9 Å². The molecule has 3 saturated heterocycles. The van der Waals surface area contributed by atoms with Crippen LogP contribution in [-0.4, -0.2) is 30.6 Å². The quantitative estimate of drug-likeness (QED) is 0.647. The number of hydrogen-bond acceptors (Lipinski definition) is 3. The summed E-state index contributed by atoms with van der Waals surface area (Å²) in [5.41, 5.74) is 0.0592. The maximum Gasteiger partial charge on any atom is 0.295 e. The molecule has 12 heavy (non-hydrogen) atoms. The Morgan fingerprint density at radius 1 is 1.17 bits per heavy atom. The Labute approximate surface area is 80.5 Å². The van der Waals surface area contributed by atoms with Gasteiger partial charge in [-0.2, -0.15) is 0 Å². The summed E-state index contributed by atoms with van der Waals surface area (Å²) < 4.78 is 16.6. The van der Waals surface area contributed by atoms with Crippen molar-refractivity contribution in [2.24, 2.45) is 5.41 Å². The van der Waals surface area contributed by atoms with Crippen molar-refractivity contribution in [2.75, 3.05) is 19.8 Å². The van der Waals surface area contributed by atoms with Gasteiger partial charge in [0, 0.05) is 5.41 Å². The van der Waals surface area contributed by atoms with Crippen molar-refractivity contribution in [1.82, 2.24) is 0 Å². The molecule has 0 radical (unpaired) electrons. The molecule has 0 aliphatic carbocycles. The second-order valence-electron chi connectivity index (χ2n) is 3.90. The SMILES string of the molecule is CC(Br)C12OCC(C)(CO1)CO2. The molecule has 70 valence electrons. The van der Waals surface area contributed by atoms with Crippen LogP contribution < -0.4 is 0 Å². The van der Waals surface area contributed by atoms with Gasteiger partial charge in [0.05, 0.1) is 24.6 Å². The molecule has 3 aliphatic rings. The predicted octanol–water partition coefficient (Wildman–Crippen LogP) is 1.51. The summed E-state index contributed by atoms with van der Waals surface area (Å²) in [6.45, 7) is 6.25. The Hall–Kier alpha value is 0.360. The summed E-state index contributed by atoms with van der Waals surface area (Å²) in [6, 6.07) is 0. The second kappa shape index (κ2) is 2.67. The number of halogens is 1. The van der Waals surface area contributed by atoms with Crippen molar-refractivity contribution in [3.8, 4) is 0 Å². The molecule has 1 unspecified atom stereocenters. The van der Waals surface area contributed by atoms with Crippen molar-refractivity contribution < 1.29 is 14.2 Å². The number of alkyl halides is 1. The summed E-state index contributed by atoms with van der Waals surface area (Å²) in [5, 5.41) is 0. The minimum Gasteiger partial charge on any atom is -0.326 e. The number of fused-ring (bicyclic) bond motifs is 3. The average molecular weight is 237 g/mol. The van der Waals surface area contributed by atoms with Gasteiger partial charge in [0.15, 0.2) is 0 Å². The predicted molar refractivity (Wildman–Crippen MR) is 47.1 cm³/mol. The molecule has 0 aromatic heterocycles. The van der Waals surface area contributed by atoms with Gasteiger partial charge in [0.2, 0.25) is 0 Å². The van der Waals surface area contributed by atoms with Crippen LogP contribution in [0.4, 0.5) is 0 Å². The maximum absolute atomic E-state index is 5.54. The molecule has 4 heteroatoms. The first kappa shape index (κ1) is 8.94. The number of hydrogen-bond donors (Lipinski definition) is 0. The Bertz CT molecular complexity index is 168. The minimum absolute atomic E-state index is 0.0592. The van der Waals surface area contributed by atoms with E-state index in [1.807, 2.05) is 6.92 Å². The summed E-state index contributed by atoms with van der Waals surface area (Å²) in [5.74, 6) is -0.822. The highest BCUT2D eigenvalue weighted by atomic mass is 79.9. The van der Waals surface area contributed by atoms with E-state index in [1.54, 1.807) is 0 Å². The number of rotatable bonds is 1. The molecular formula is C8H13BrO3. The van der Waals surface area contributed by atoms with E-state index in [2.05, 4.69) is 22.9 Å². The topological polar surface area (TPSA) is 27.7 Å². The zero-order valence-corrected chi connectivity index (χ0v) is 8.89. The van der Waals surface area contributed by atoms with Crippen LogP contribution in [0.15, 0.2) is 0 Å². The third-order valence-corrected chi connectivity index (χ3v) is 2.91. The van der Waals surface area contributed by atoms with Crippen LogP contribution in [0.3, 0.4) is 0 Å². The Balaban J connectivity index is 2.14. The fourth-order valence-corrected chi connectivity index (χ4v) is 1.82. The van der Waals surface area contributed by atoms with Crippen molar-refractivity contribution in [3.63, 3.8) is 0 Å². The van der Waals surface area contributed by atoms with E-state index in [0.29, 0.717) is 0 Å². The monoisotopic (exact) mass is 236 g/mol. The molecule has 0 aromatic rings. The summed E-state index contributed by atoms with van der Waals surface area (Å²) >= 11 is 3.42. The first-order chi connectivity index (χ1) is 5.56. The highest BCUT2D eigenvalue weighted by Gasteiger charge is 2.52. The third kappa shape index (κ3) is 1.21. The molecule has 2 bridgehead atoms. The minimum atomic E-state index is -0.822. The lowest BCUT2D eigenvalue weighted by Crippen LogP contribution is -2.62. The van der Waals surface area contributed by atoms with Gasteiger partial charge in [-0.1, -0.05) is 22.9 Å². The zero-order chi connectivity index (χ0) is 8.82. The van der Waals surface area contributed by atoms with E-state index >= 15 is 0 Å². The van der Waals surface area contributed by atoms with Crippen LogP contribution in [0.1, 0.15) is 13.8 Å². The molecular weight excluding hydrogens is 224 g/mol. The standard InChI is InChI=1S/C8H13BrO3/c1-6(9)8-10-3-7(2,4-11-8)5-12-8/h6H,3-5H2,1-2H3. The van der Waals surface area contributed by atoms with Crippen LogP contribution in [0.2, 0.25) is 0 Å². The lowest BCUT2D eigenvalue weighted by Gasteiger charge is -2.51. The van der Waals surface area contributed by atoms with Gasteiger partial charge in [-0.25, -0.2) is 0 Å². The van der Waals surface area contributed by atoms with Gasteiger partial charge in [0.1, 0.15) is 0 Å². The van der Waals surface area contributed by atoms with Gasteiger partial charge in [-0.05, 0) is 6.92 Å². The van der Waals surface area contributed by atoms with E-state index in [1.165, 1.54) is 0 Å². The van der Waals surface area contributed by atoms with E-state index in [-0.39, 0.29) is 10.2 Å². The molecule has 0 spiro atoms. The highest BCUT2D eigenvalue weighted by Crippen LogP contribution is 2.41. The molecule has 3 nitrogen and oxygen atoms in total. The van der Waals surface area contributed by atoms with Crippen molar-refractivity contribution in [1.29, 1.82) is 0 Å². The van der Waals surface area contributed by atoms with Crippen molar-refractivity contribution in [3.05, 3.63) is 0 Å². The average Bonchev–Trinajstić information content (AvgIpc) is 2.06. The molecule has 0 aromatic carbocycles. The second-order valence-corrected chi connectivity index (χ2v) is 5.27. The van der Waals surface area contributed by atoms with E-state index in [0.717, 1.165) is 19.8 Å². The fraction of sp³-hybridized carbons (Fsp3) is 1.00. The fourth-order valence-electron chi connectivity index (χ4n) is 1.42. The lowest BCUT2D eigenvalue weighted by atomic mass is 9.91. The van der Waals surface area contributed by atoms with Crippen molar-refractivity contribution >= 4 is 15.9 Å². The van der Waals surface area contributed by atoms with Gasteiger partial charge in [-0.3, -0.25) is 0 Å². The molecule has 3 rings (SSSR count). The molecule has 3 heterocycles. The third-order valence-electron chi connectivity index (χ3n) is 2.35. The van der Waals surface area contributed by atoms with E-state index in [9.17, 15) is 0 Å².